The minimum absolute atomic E-state index is 0.388. The number of hydrogen-bond donors (Lipinski definition) is 0. The quantitative estimate of drug-likeness (QED) is 0.650. The Morgan fingerprint density at radius 2 is 1.65 bits per heavy atom. The Bertz CT molecular complexity index is 715. The topological polar surface area (TPSA) is 16.1 Å². The van der Waals surface area contributed by atoms with Gasteiger partial charge in [0, 0.05) is 0 Å². The molecule has 0 atom stereocenters. The molecule has 0 unspecified atom stereocenters. The SMILES string of the molecule is CN(C)c1ccc([Te]c2cccc3cccnc23)cc1. The summed E-state index contributed by atoms with van der Waals surface area (Å²) in [6.07, 6.45) is 1.88. The van der Waals surface area contributed by atoms with Gasteiger partial charge in [-0.1, -0.05) is 0 Å². The van der Waals surface area contributed by atoms with Crippen LogP contribution < -0.4 is 12.1 Å². The van der Waals surface area contributed by atoms with Crippen molar-refractivity contribution in [2.75, 3.05) is 19.0 Å². The molecule has 2 nitrogen and oxygen atoms in total. The van der Waals surface area contributed by atoms with E-state index in [0.717, 1.165) is 5.52 Å². The van der Waals surface area contributed by atoms with Crippen molar-refractivity contribution in [2.24, 2.45) is 0 Å². The summed E-state index contributed by atoms with van der Waals surface area (Å²) in [5.74, 6) is 0. The average molecular weight is 376 g/mol. The number of pyridine rings is 1. The summed E-state index contributed by atoms with van der Waals surface area (Å²) < 4.78 is 2.85. The molecule has 0 aliphatic heterocycles. The summed E-state index contributed by atoms with van der Waals surface area (Å²) in [4.78, 5) is 6.68. The van der Waals surface area contributed by atoms with Crippen molar-refractivity contribution in [2.45, 2.75) is 0 Å². The predicted octanol–water partition coefficient (Wildman–Crippen LogP) is 1.96. The van der Waals surface area contributed by atoms with Crippen LogP contribution in [0.2, 0.25) is 0 Å². The van der Waals surface area contributed by atoms with E-state index in [2.05, 4.69) is 72.5 Å². The first-order valence-corrected chi connectivity index (χ1v) is 8.86. The summed E-state index contributed by atoms with van der Waals surface area (Å²) in [6, 6.07) is 19.5. The molecule has 0 aliphatic carbocycles. The Morgan fingerprint density at radius 1 is 0.900 bits per heavy atom. The van der Waals surface area contributed by atoms with E-state index >= 15 is 0 Å². The van der Waals surface area contributed by atoms with Gasteiger partial charge in [0.1, 0.15) is 0 Å². The van der Waals surface area contributed by atoms with E-state index in [1.165, 1.54) is 18.3 Å². The molecule has 3 heteroatoms. The molecule has 1 heterocycles. The second-order valence-corrected chi connectivity index (χ2v) is 8.00. The Balaban J connectivity index is 1.93. The van der Waals surface area contributed by atoms with Crippen molar-refractivity contribution in [3.05, 3.63) is 60.8 Å². The summed E-state index contributed by atoms with van der Waals surface area (Å²) in [5, 5.41) is 1.24. The molecule has 0 N–H and O–H groups in total. The van der Waals surface area contributed by atoms with E-state index in [1.807, 2.05) is 12.3 Å². The van der Waals surface area contributed by atoms with Gasteiger partial charge in [-0.3, -0.25) is 0 Å². The van der Waals surface area contributed by atoms with Gasteiger partial charge in [-0.25, -0.2) is 0 Å². The predicted molar refractivity (Wildman–Crippen MR) is 87.5 cm³/mol. The molecule has 1 aromatic heterocycles. The third kappa shape index (κ3) is 2.80. The second kappa shape index (κ2) is 5.83. The van der Waals surface area contributed by atoms with Crippen LogP contribution in [0, 0.1) is 0 Å². The van der Waals surface area contributed by atoms with Crippen molar-refractivity contribution in [3.8, 4) is 0 Å². The molecule has 2 aromatic carbocycles. The molecule has 0 fully saturated rings. The molecular formula is C17H16N2Te. The molecule has 3 aromatic rings. The molecule has 0 aliphatic rings. The number of hydrogen-bond acceptors (Lipinski definition) is 2. The van der Waals surface area contributed by atoms with Crippen LogP contribution in [0.15, 0.2) is 60.8 Å². The van der Waals surface area contributed by atoms with E-state index in [4.69, 9.17) is 0 Å². The molecule has 0 spiro atoms. The Morgan fingerprint density at radius 3 is 2.40 bits per heavy atom. The number of fused-ring (bicyclic) bond motifs is 1. The van der Waals surface area contributed by atoms with E-state index in [0.29, 0.717) is 0 Å². The molecular weight excluding hydrogens is 360 g/mol. The van der Waals surface area contributed by atoms with Crippen LogP contribution in [0.1, 0.15) is 0 Å². The van der Waals surface area contributed by atoms with Gasteiger partial charge in [-0.05, 0) is 0 Å². The van der Waals surface area contributed by atoms with Gasteiger partial charge in [0.05, 0.1) is 0 Å². The fourth-order valence-electron chi connectivity index (χ4n) is 2.10. The van der Waals surface area contributed by atoms with Crippen LogP contribution in [0.25, 0.3) is 10.9 Å². The zero-order chi connectivity index (χ0) is 13.9. The molecule has 0 amide bonds. The van der Waals surface area contributed by atoms with Crippen LogP contribution in [0.5, 0.6) is 0 Å². The van der Waals surface area contributed by atoms with Gasteiger partial charge in [0.15, 0.2) is 0 Å². The minimum atomic E-state index is -0.388. The Labute approximate surface area is 129 Å². The fraction of sp³-hybridized carbons (Fsp3) is 0.118. The van der Waals surface area contributed by atoms with Gasteiger partial charge in [0.25, 0.3) is 0 Å². The Kier molecular flexibility index (Phi) is 3.91. The number of aromatic nitrogens is 1. The van der Waals surface area contributed by atoms with E-state index in [1.54, 1.807) is 0 Å². The van der Waals surface area contributed by atoms with Gasteiger partial charge in [0.2, 0.25) is 0 Å². The molecule has 0 saturated heterocycles. The van der Waals surface area contributed by atoms with Gasteiger partial charge in [-0.15, -0.1) is 0 Å². The monoisotopic (exact) mass is 378 g/mol. The molecule has 20 heavy (non-hydrogen) atoms. The zero-order valence-corrected chi connectivity index (χ0v) is 13.9. The standard InChI is InChI=1S/C17H16N2Te/c1-19(2)14-8-10-15(11-9-14)20-16-7-3-5-13-6-4-12-18-17(13)16/h3-12H,1-2H3. The normalized spacial score (nSPS) is 10.7. The van der Waals surface area contributed by atoms with Crippen molar-refractivity contribution in [1.29, 1.82) is 0 Å². The van der Waals surface area contributed by atoms with Crippen LogP contribution in [0.3, 0.4) is 0 Å². The van der Waals surface area contributed by atoms with E-state index < -0.39 is 0 Å². The fourth-order valence-corrected chi connectivity index (χ4v) is 4.78. The van der Waals surface area contributed by atoms with Crippen molar-refractivity contribution in [1.82, 2.24) is 4.98 Å². The average Bonchev–Trinajstić information content (AvgIpc) is 2.48. The van der Waals surface area contributed by atoms with Gasteiger partial charge >= 0.3 is 130 Å². The molecule has 0 radical (unpaired) electrons. The summed E-state index contributed by atoms with van der Waals surface area (Å²) in [5.41, 5.74) is 2.41. The molecule has 0 saturated carbocycles. The van der Waals surface area contributed by atoms with Crippen molar-refractivity contribution < 1.29 is 0 Å². The maximum absolute atomic E-state index is 4.55. The number of benzene rings is 2. The second-order valence-electron chi connectivity index (χ2n) is 4.82. The van der Waals surface area contributed by atoms with Crippen molar-refractivity contribution >= 4 is 44.7 Å². The third-order valence-electron chi connectivity index (χ3n) is 3.18. The van der Waals surface area contributed by atoms with Crippen LogP contribution >= 0.6 is 0 Å². The van der Waals surface area contributed by atoms with Gasteiger partial charge < -0.3 is 0 Å². The first kappa shape index (κ1) is 13.4. The molecule has 3 rings (SSSR count). The summed E-state index contributed by atoms with van der Waals surface area (Å²) in [7, 11) is 4.14. The molecule has 100 valence electrons. The van der Waals surface area contributed by atoms with Gasteiger partial charge in [-0.2, -0.15) is 0 Å². The summed E-state index contributed by atoms with van der Waals surface area (Å²) >= 11 is -0.388. The third-order valence-corrected chi connectivity index (χ3v) is 6.19. The van der Waals surface area contributed by atoms with Crippen LogP contribution in [0.4, 0.5) is 5.69 Å². The number of rotatable bonds is 3. The van der Waals surface area contributed by atoms with E-state index in [9.17, 15) is 0 Å². The number of para-hydroxylation sites is 1. The molecule has 0 bridgehead atoms. The first-order valence-electron chi connectivity index (χ1n) is 6.53. The number of anilines is 1. The van der Waals surface area contributed by atoms with Crippen LogP contribution in [-0.4, -0.2) is 40.0 Å². The maximum atomic E-state index is 4.55. The Hall–Kier alpha value is -1.56. The summed E-state index contributed by atoms with van der Waals surface area (Å²) in [6.45, 7) is 0. The van der Waals surface area contributed by atoms with Crippen molar-refractivity contribution in [3.63, 3.8) is 0 Å². The van der Waals surface area contributed by atoms with E-state index in [-0.39, 0.29) is 20.9 Å². The number of nitrogens with zero attached hydrogens (tertiary/aromatic N) is 2. The van der Waals surface area contributed by atoms with Crippen LogP contribution in [-0.2, 0) is 0 Å². The zero-order valence-electron chi connectivity index (χ0n) is 11.6. The first-order chi connectivity index (χ1) is 9.74.